The van der Waals surface area contributed by atoms with Crippen LogP contribution in [0.4, 0.5) is 0 Å². The molecule has 0 amide bonds. The molecule has 0 bridgehead atoms. The van der Waals surface area contributed by atoms with Crippen LogP contribution in [0.25, 0.3) is 0 Å². The van der Waals surface area contributed by atoms with Gasteiger partial charge in [-0.2, -0.15) is 4.31 Å². The van der Waals surface area contributed by atoms with E-state index in [2.05, 4.69) is 4.90 Å². The average Bonchev–Trinajstić information content (AvgIpc) is 2.91. The van der Waals surface area contributed by atoms with Crippen LogP contribution in [0.15, 0.2) is 29.2 Å². The summed E-state index contributed by atoms with van der Waals surface area (Å²) in [7, 11) is -3.47. The van der Waals surface area contributed by atoms with Crippen LogP contribution in [0.2, 0.25) is 5.02 Å². The van der Waals surface area contributed by atoms with Gasteiger partial charge in [0.1, 0.15) is 0 Å². The molecule has 2 heterocycles. The van der Waals surface area contributed by atoms with Crippen molar-refractivity contribution >= 4 is 21.6 Å². The maximum atomic E-state index is 12.8. The minimum atomic E-state index is -3.47. The van der Waals surface area contributed by atoms with Crippen molar-refractivity contribution in [1.82, 2.24) is 9.21 Å². The summed E-state index contributed by atoms with van der Waals surface area (Å²) in [6, 6.07) is 6.49. The lowest BCUT2D eigenvalue weighted by Crippen LogP contribution is -2.37. The Bertz CT molecular complexity index is 632. The zero-order valence-electron chi connectivity index (χ0n) is 13.2. The van der Waals surface area contributed by atoms with Gasteiger partial charge in [0.05, 0.1) is 11.0 Å². The van der Waals surface area contributed by atoms with Crippen molar-refractivity contribution in [3.05, 3.63) is 29.3 Å². The van der Waals surface area contributed by atoms with Crippen molar-refractivity contribution in [3.8, 4) is 0 Å². The highest BCUT2D eigenvalue weighted by Crippen LogP contribution is 2.21. The van der Waals surface area contributed by atoms with E-state index >= 15 is 0 Å². The summed E-state index contributed by atoms with van der Waals surface area (Å²) in [6.07, 6.45) is 3.40. The Morgan fingerprint density at radius 1 is 1.17 bits per heavy atom. The van der Waals surface area contributed by atoms with E-state index in [0.717, 1.165) is 45.5 Å². The second-order valence-corrected chi connectivity index (χ2v) is 8.53. The molecule has 0 aromatic heterocycles. The Balaban J connectivity index is 1.64. The van der Waals surface area contributed by atoms with Crippen molar-refractivity contribution in [2.24, 2.45) is 0 Å². The summed E-state index contributed by atoms with van der Waals surface area (Å²) in [4.78, 5) is 2.60. The Hall–Kier alpha value is -0.660. The Morgan fingerprint density at radius 3 is 2.78 bits per heavy atom. The minimum absolute atomic E-state index is 0.276. The molecule has 1 atom stereocenters. The Kier molecular flexibility index (Phi) is 5.59. The van der Waals surface area contributed by atoms with E-state index in [9.17, 15) is 8.42 Å². The Morgan fingerprint density at radius 2 is 2.04 bits per heavy atom. The fourth-order valence-electron chi connectivity index (χ4n) is 3.22. The number of ether oxygens (including phenoxy) is 1. The molecule has 1 aromatic carbocycles. The molecule has 2 fully saturated rings. The van der Waals surface area contributed by atoms with Crippen LogP contribution in [0.3, 0.4) is 0 Å². The van der Waals surface area contributed by atoms with Gasteiger partial charge < -0.3 is 4.74 Å². The molecule has 2 aliphatic rings. The first-order chi connectivity index (χ1) is 11.1. The quantitative estimate of drug-likeness (QED) is 0.828. The van der Waals surface area contributed by atoms with E-state index in [0.29, 0.717) is 24.2 Å². The van der Waals surface area contributed by atoms with Gasteiger partial charge in [-0.05, 0) is 44.0 Å². The summed E-state index contributed by atoms with van der Waals surface area (Å²) in [5.74, 6) is 0. The fraction of sp³-hybridized carbons (Fsp3) is 0.625. The predicted octanol–water partition coefficient (Wildman–Crippen LogP) is 2.22. The van der Waals surface area contributed by atoms with E-state index < -0.39 is 10.0 Å². The number of rotatable bonds is 4. The van der Waals surface area contributed by atoms with Gasteiger partial charge >= 0.3 is 0 Å². The first kappa shape index (κ1) is 17.2. The third-order valence-electron chi connectivity index (χ3n) is 4.47. The summed E-state index contributed by atoms with van der Waals surface area (Å²) in [5.41, 5.74) is 0. The highest BCUT2D eigenvalue weighted by Gasteiger charge is 2.28. The van der Waals surface area contributed by atoms with Gasteiger partial charge in [-0.1, -0.05) is 17.7 Å². The zero-order chi connectivity index (χ0) is 16.3. The van der Waals surface area contributed by atoms with Crippen LogP contribution in [-0.4, -0.2) is 63.1 Å². The smallest absolute Gasteiger partial charge is 0.243 e. The normalized spacial score (nSPS) is 24.7. The van der Waals surface area contributed by atoms with Crippen LogP contribution in [0.1, 0.15) is 19.3 Å². The van der Waals surface area contributed by atoms with Crippen LogP contribution in [0.5, 0.6) is 0 Å². The van der Waals surface area contributed by atoms with Crippen LogP contribution < -0.4 is 0 Å². The number of nitrogens with zero attached hydrogens (tertiary/aromatic N) is 2. The molecular formula is C16H23ClN2O3S. The molecular weight excluding hydrogens is 336 g/mol. The number of sulfonamides is 1. The van der Waals surface area contributed by atoms with Gasteiger partial charge in [-0.3, -0.25) is 4.90 Å². The van der Waals surface area contributed by atoms with Gasteiger partial charge in [0.25, 0.3) is 0 Å². The molecule has 3 rings (SSSR count). The van der Waals surface area contributed by atoms with Gasteiger partial charge in [0.2, 0.25) is 10.0 Å². The molecule has 0 N–H and O–H groups in total. The zero-order valence-corrected chi connectivity index (χ0v) is 14.7. The average molecular weight is 359 g/mol. The molecule has 5 nitrogen and oxygen atoms in total. The van der Waals surface area contributed by atoms with Gasteiger partial charge in [-0.25, -0.2) is 8.42 Å². The second kappa shape index (κ2) is 7.49. The first-order valence-electron chi connectivity index (χ1n) is 8.15. The highest BCUT2D eigenvalue weighted by molar-refractivity contribution is 7.89. The lowest BCUT2D eigenvalue weighted by Gasteiger charge is -2.24. The third kappa shape index (κ3) is 4.25. The fourth-order valence-corrected chi connectivity index (χ4v) is 4.99. The molecule has 0 radical (unpaired) electrons. The van der Waals surface area contributed by atoms with Crippen molar-refractivity contribution in [2.75, 3.05) is 39.3 Å². The first-order valence-corrected chi connectivity index (χ1v) is 9.97. The van der Waals surface area contributed by atoms with Crippen molar-refractivity contribution in [3.63, 3.8) is 0 Å². The third-order valence-corrected chi connectivity index (χ3v) is 6.60. The Labute approximate surface area is 143 Å². The highest BCUT2D eigenvalue weighted by atomic mass is 35.5. The lowest BCUT2D eigenvalue weighted by molar-refractivity contribution is 0.0749. The van der Waals surface area contributed by atoms with Gasteiger partial charge in [-0.15, -0.1) is 0 Å². The molecule has 128 valence electrons. The minimum Gasteiger partial charge on any atom is -0.377 e. The standard InChI is InChI=1S/C16H23ClN2O3S/c17-14-4-1-6-16(12-14)23(20,21)19-8-3-7-18(9-10-19)13-15-5-2-11-22-15/h1,4,6,12,15H,2-3,5,7-11,13H2/t15-/m0/s1. The second-order valence-electron chi connectivity index (χ2n) is 6.15. The molecule has 0 saturated carbocycles. The topological polar surface area (TPSA) is 49.9 Å². The van der Waals surface area contributed by atoms with Crippen LogP contribution >= 0.6 is 11.6 Å². The summed E-state index contributed by atoms with van der Waals surface area (Å²) in [5, 5.41) is 0.445. The predicted molar refractivity (Wildman–Crippen MR) is 90.2 cm³/mol. The van der Waals surface area contributed by atoms with E-state index in [1.54, 1.807) is 22.5 Å². The van der Waals surface area contributed by atoms with E-state index in [4.69, 9.17) is 16.3 Å². The number of benzene rings is 1. The number of hydrogen-bond acceptors (Lipinski definition) is 4. The van der Waals surface area contributed by atoms with Crippen molar-refractivity contribution in [2.45, 2.75) is 30.3 Å². The van der Waals surface area contributed by atoms with Gasteiger partial charge in [0.15, 0.2) is 0 Å². The molecule has 2 aliphatic heterocycles. The monoisotopic (exact) mass is 358 g/mol. The molecule has 0 spiro atoms. The van der Waals surface area contributed by atoms with Crippen LogP contribution in [0, 0.1) is 0 Å². The number of hydrogen-bond donors (Lipinski definition) is 0. The largest absolute Gasteiger partial charge is 0.377 e. The maximum absolute atomic E-state index is 12.8. The summed E-state index contributed by atoms with van der Waals surface area (Å²) >= 11 is 5.94. The lowest BCUT2D eigenvalue weighted by atomic mass is 10.2. The van der Waals surface area contributed by atoms with Crippen LogP contribution in [-0.2, 0) is 14.8 Å². The SMILES string of the molecule is O=S(=O)(c1cccc(Cl)c1)N1CCCN(C[C@@H]2CCCO2)CC1. The molecule has 23 heavy (non-hydrogen) atoms. The van der Waals surface area contributed by atoms with Crippen molar-refractivity contribution < 1.29 is 13.2 Å². The van der Waals surface area contributed by atoms with Crippen molar-refractivity contribution in [1.29, 1.82) is 0 Å². The molecule has 1 aromatic rings. The molecule has 0 unspecified atom stereocenters. The molecule has 0 aliphatic carbocycles. The summed E-state index contributed by atoms with van der Waals surface area (Å²) < 4.78 is 32.8. The van der Waals surface area contributed by atoms with E-state index in [1.807, 2.05) is 0 Å². The number of halogens is 1. The molecule has 7 heteroatoms. The van der Waals surface area contributed by atoms with E-state index in [1.165, 1.54) is 6.07 Å². The maximum Gasteiger partial charge on any atom is 0.243 e. The summed E-state index contributed by atoms with van der Waals surface area (Å²) in [6.45, 7) is 4.50. The van der Waals surface area contributed by atoms with E-state index in [-0.39, 0.29) is 4.90 Å². The van der Waals surface area contributed by atoms with Gasteiger partial charge in [0, 0.05) is 37.8 Å². The molecule has 2 saturated heterocycles.